The molecule has 11 heavy (non-hydrogen) atoms. The summed E-state index contributed by atoms with van der Waals surface area (Å²) in [5, 5.41) is 3.28. The highest BCUT2D eigenvalue weighted by molar-refractivity contribution is 4.76. The first-order valence-corrected chi connectivity index (χ1v) is 4.57. The number of nitrogens with one attached hydrogen (secondary N) is 1. The van der Waals surface area contributed by atoms with Gasteiger partial charge in [-0.2, -0.15) is 0 Å². The average molecular weight is 157 g/mol. The Balaban J connectivity index is 3.90. The molecule has 0 rings (SSSR count). The Bertz CT molecular complexity index is 105. The Kier molecular flexibility index (Phi) is 4.09. The minimum absolute atomic E-state index is 0.461. The van der Waals surface area contributed by atoms with Gasteiger partial charge in [-0.05, 0) is 31.7 Å². The predicted octanol–water partition coefficient (Wildman–Crippen LogP) is 2.67. The highest BCUT2D eigenvalue weighted by Crippen LogP contribution is 2.30. The first-order valence-electron chi connectivity index (χ1n) is 4.57. The zero-order chi connectivity index (χ0) is 9.07. The van der Waals surface area contributed by atoms with E-state index in [0.717, 1.165) is 5.92 Å². The summed E-state index contributed by atoms with van der Waals surface area (Å²) < 4.78 is 0. The maximum atomic E-state index is 3.28. The van der Waals surface area contributed by atoms with E-state index in [1.807, 2.05) is 7.05 Å². The summed E-state index contributed by atoms with van der Waals surface area (Å²) >= 11 is 0. The van der Waals surface area contributed by atoms with Crippen LogP contribution in [0.5, 0.6) is 0 Å². The monoisotopic (exact) mass is 157 g/mol. The van der Waals surface area contributed by atoms with Gasteiger partial charge in [0.1, 0.15) is 0 Å². The summed E-state index contributed by atoms with van der Waals surface area (Å²) in [4.78, 5) is 0. The van der Waals surface area contributed by atoms with Crippen LogP contribution in [0.2, 0.25) is 0 Å². The Morgan fingerprint density at radius 2 is 1.64 bits per heavy atom. The van der Waals surface area contributed by atoms with Crippen molar-refractivity contribution in [2.45, 2.75) is 47.1 Å². The van der Waals surface area contributed by atoms with Gasteiger partial charge < -0.3 is 5.32 Å². The molecule has 0 spiro atoms. The zero-order valence-electron chi connectivity index (χ0n) is 8.86. The Labute approximate surface area is 71.6 Å². The van der Waals surface area contributed by atoms with Crippen molar-refractivity contribution in [3.05, 3.63) is 0 Å². The molecular formula is C10H23N. The maximum Gasteiger partial charge on any atom is 0.00409 e. The molecular weight excluding hydrogens is 134 g/mol. The highest BCUT2D eigenvalue weighted by Gasteiger charge is 2.23. The number of hydrogen-bond acceptors (Lipinski definition) is 1. The second-order valence-corrected chi connectivity index (χ2v) is 4.54. The summed E-state index contributed by atoms with van der Waals surface area (Å²) in [5.41, 5.74) is 0.461. The Morgan fingerprint density at radius 3 is 1.91 bits per heavy atom. The summed E-state index contributed by atoms with van der Waals surface area (Å²) in [7, 11) is 2.03. The SMILES string of the molecule is CNC(C)CC(C)(C)C(C)C. The van der Waals surface area contributed by atoms with E-state index in [9.17, 15) is 0 Å². The van der Waals surface area contributed by atoms with Crippen LogP contribution in [0.15, 0.2) is 0 Å². The van der Waals surface area contributed by atoms with Crippen LogP contribution in [0.3, 0.4) is 0 Å². The second-order valence-electron chi connectivity index (χ2n) is 4.54. The Hall–Kier alpha value is -0.0400. The van der Waals surface area contributed by atoms with Crippen LogP contribution in [-0.2, 0) is 0 Å². The third-order valence-corrected chi connectivity index (χ3v) is 2.89. The van der Waals surface area contributed by atoms with E-state index in [1.54, 1.807) is 0 Å². The van der Waals surface area contributed by atoms with Crippen LogP contribution in [0, 0.1) is 11.3 Å². The summed E-state index contributed by atoms with van der Waals surface area (Å²) in [6.07, 6.45) is 1.25. The molecule has 0 aromatic heterocycles. The van der Waals surface area contributed by atoms with Crippen LogP contribution in [-0.4, -0.2) is 13.1 Å². The molecule has 0 bridgehead atoms. The van der Waals surface area contributed by atoms with Gasteiger partial charge in [0.25, 0.3) is 0 Å². The summed E-state index contributed by atoms with van der Waals surface area (Å²) in [5.74, 6) is 0.762. The van der Waals surface area contributed by atoms with E-state index in [2.05, 4.69) is 39.9 Å². The van der Waals surface area contributed by atoms with Crippen molar-refractivity contribution in [1.29, 1.82) is 0 Å². The molecule has 1 N–H and O–H groups in total. The van der Waals surface area contributed by atoms with Gasteiger partial charge >= 0.3 is 0 Å². The van der Waals surface area contributed by atoms with Gasteiger partial charge in [0, 0.05) is 6.04 Å². The lowest BCUT2D eigenvalue weighted by atomic mass is 9.76. The fraction of sp³-hybridized carbons (Fsp3) is 1.00. The molecule has 0 aromatic carbocycles. The van der Waals surface area contributed by atoms with Crippen LogP contribution in [0.25, 0.3) is 0 Å². The van der Waals surface area contributed by atoms with E-state index >= 15 is 0 Å². The van der Waals surface area contributed by atoms with Crippen molar-refractivity contribution >= 4 is 0 Å². The second kappa shape index (κ2) is 4.10. The molecule has 0 aliphatic carbocycles. The molecule has 0 amide bonds. The smallest absolute Gasteiger partial charge is 0.00409 e. The molecule has 0 saturated heterocycles. The van der Waals surface area contributed by atoms with Crippen molar-refractivity contribution in [2.24, 2.45) is 11.3 Å². The molecule has 1 heteroatoms. The third kappa shape index (κ3) is 3.76. The van der Waals surface area contributed by atoms with Gasteiger partial charge in [-0.25, -0.2) is 0 Å². The average Bonchev–Trinajstić information content (AvgIpc) is 1.86. The van der Waals surface area contributed by atoms with Crippen LogP contribution >= 0.6 is 0 Å². The van der Waals surface area contributed by atoms with Crippen LogP contribution < -0.4 is 5.32 Å². The van der Waals surface area contributed by atoms with Crippen LogP contribution in [0.1, 0.15) is 41.0 Å². The van der Waals surface area contributed by atoms with Gasteiger partial charge in [0.05, 0.1) is 0 Å². The molecule has 1 unspecified atom stereocenters. The lowest BCUT2D eigenvalue weighted by Crippen LogP contribution is -2.31. The molecule has 0 saturated carbocycles. The largest absolute Gasteiger partial charge is 0.317 e. The first kappa shape index (κ1) is 11.0. The number of hydrogen-bond donors (Lipinski definition) is 1. The van der Waals surface area contributed by atoms with E-state index in [-0.39, 0.29) is 0 Å². The molecule has 1 nitrogen and oxygen atoms in total. The van der Waals surface area contributed by atoms with Gasteiger partial charge in [-0.3, -0.25) is 0 Å². The van der Waals surface area contributed by atoms with E-state index in [1.165, 1.54) is 6.42 Å². The van der Waals surface area contributed by atoms with Crippen molar-refractivity contribution in [1.82, 2.24) is 5.32 Å². The molecule has 0 aliphatic rings. The number of rotatable bonds is 4. The van der Waals surface area contributed by atoms with E-state index < -0.39 is 0 Å². The van der Waals surface area contributed by atoms with Gasteiger partial charge in [-0.1, -0.05) is 27.7 Å². The van der Waals surface area contributed by atoms with Gasteiger partial charge in [0.15, 0.2) is 0 Å². The molecule has 1 atom stereocenters. The van der Waals surface area contributed by atoms with Crippen molar-refractivity contribution in [2.75, 3.05) is 7.05 Å². The van der Waals surface area contributed by atoms with Gasteiger partial charge in [0.2, 0.25) is 0 Å². The minimum Gasteiger partial charge on any atom is -0.317 e. The summed E-state index contributed by atoms with van der Waals surface area (Å²) in [6, 6.07) is 0.632. The fourth-order valence-electron chi connectivity index (χ4n) is 1.13. The topological polar surface area (TPSA) is 12.0 Å². The highest BCUT2D eigenvalue weighted by atomic mass is 14.9. The molecule has 0 radical (unpaired) electrons. The van der Waals surface area contributed by atoms with Crippen molar-refractivity contribution < 1.29 is 0 Å². The van der Waals surface area contributed by atoms with Crippen molar-refractivity contribution in [3.8, 4) is 0 Å². The molecule has 68 valence electrons. The van der Waals surface area contributed by atoms with E-state index in [4.69, 9.17) is 0 Å². The lowest BCUT2D eigenvalue weighted by molar-refractivity contribution is 0.207. The lowest BCUT2D eigenvalue weighted by Gasteiger charge is -2.31. The first-order chi connectivity index (χ1) is 4.90. The summed E-state index contributed by atoms with van der Waals surface area (Å²) in [6.45, 7) is 11.5. The predicted molar refractivity (Wildman–Crippen MR) is 51.8 cm³/mol. The fourth-order valence-corrected chi connectivity index (χ4v) is 1.13. The minimum atomic E-state index is 0.461. The molecule has 0 fully saturated rings. The van der Waals surface area contributed by atoms with Gasteiger partial charge in [-0.15, -0.1) is 0 Å². The standard InChI is InChI=1S/C10H23N/c1-8(2)10(4,5)7-9(3)11-6/h8-9,11H,7H2,1-6H3. The molecule has 0 aromatic rings. The maximum absolute atomic E-state index is 3.28. The quantitative estimate of drug-likeness (QED) is 0.661. The Morgan fingerprint density at radius 1 is 1.18 bits per heavy atom. The molecule has 0 heterocycles. The normalized spacial score (nSPS) is 15.5. The third-order valence-electron chi connectivity index (χ3n) is 2.89. The van der Waals surface area contributed by atoms with Crippen molar-refractivity contribution in [3.63, 3.8) is 0 Å². The van der Waals surface area contributed by atoms with E-state index in [0.29, 0.717) is 11.5 Å². The zero-order valence-corrected chi connectivity index (χ0v) is 8.86. The van der Waals surface area contributed by atoms with Crippen LogP contribution in [0.4, 0.5) is 0 Å². The molecule has 0 aliphatic heterocycles.